The first-order chi connectivity index (χ1) is 13.6. The highest BCUT2D eigenvalue weighted by molar-refractivity contribution is 5.77. The molecule has 28 heavy (non-hydrogen) atoms. The summed E-state index contributed by atoms with van der Waals surface area (Å²) in [6, 6.07) is 14.4. The van der Waals surface area contributed by atoms with Crippen molar-refractivity contribution in [1.29, 1.82) is 0 Å². The molecule has 0 radical (unpaired) electrons. The number of carbonyl (C=O) groups excluding carboxylic acids is 1. The van der Waals surface area contributed by atoms with Crippen LogP contribution >= 0.6 is 0 Å². The minimum Gasteiger partial charge on any atom is -0.497 e. The summed E-state index contributed by atoms with van der Waals surface area (Å²) < 4.78 is 5.21. The number of anilines is 1. The lowest BCUT2D eigenvalue weighted by atomic mass is 10.0. The number of nitro groups is 1. The number of hydrogen-bond donors (Lipinski definition) is 1. The molecule has 1 aliphatic heterocycles. The first-order valence-electron chi connectivity index (χ1n) is 9.50. The Labute approximate surface area is 164 Å². The van der Waals surface area contributed by atoms with Crippen molar-refractivity contribution >= 4 is 17.3 Å². The van der Waals surface area contributed by atoms with Crippen molar-refractivity contribution in [3.63, 3.8) is 0 Å². The zero-order valence-corrected chi connectivity index (χ0v) is 16.0. The van der Waals surface area contributed by atoms with Gasteiger partial charge in [0.25, 0.3) is 5.69 Å². The number of carbonyl (C=O) groups is 1. The molecule has 1 amide bonds. The van der Waals surface area contributed by atoms with Crippen LogP contribution in [-0.2, 0) is 4.79 Å². The van der Waals surface area contributed by atoms with Crippen molar-refractivity contribution < 1.29 is 14.5 Å². The van der Waals surface area contributed by atoms with Gasteiger partial charge in [0.15, 0.2) is 0 Å². The van der Waals surface area contributed by atoms with Gasteiger partial charge in [0, 0.05) is 37.3 Å². The van der Waals surface area contributed by atoms with Crippen molar-refractivity contribution in [2.24, 2.45) is 0 Å². The fourth-order valence-corrected chi connectivity index (χ4v) is 3.55. The highest BCUT2D eigenvalue weighted by Crippen LogP contribution is 2.33. The first-order valence-corrected chi connectivity index (χ1v) is 9.50. The number of non-ortho nitro benzene ring substituents is 1. The molecule has 1 atom stereocenters. The summed E-state index contributed by atoms with van der Waals surface area (Å²) in [5, 5.41) is 13.9. The van der Waals surface area contributed by atoms with E-state index in [-0.39, 0.29) is 17.6 Å². The van der Waals surface area contributed by atoms with Gasteiger partial charge in [-0.25, -0.2) is 0 Å². The van der Waals surface area contributed by atoms with Crippen LogP contribution in [0.4, 0.5) is 11.4 Å². The number of benzene rings is 2. The molecule has 0 spiro atoms. The van der Waals surface area contributed by atoms with Crippen LogP contribution in [0.1, 0.15) is 37.3 Å². The van der Waals surface area contributed by atoms with Crippen LogP contribution < -0.4 is 10.1 Å². The average Bonchev–Trinajstić information content (AvgIpc) is 3.21. The number of nitrogens with one attached hydrogen (secondary N) is 1. The monoisotopic (exact) mass is 383 g/mol. The molecule has 148 valence electrons. The maximum Gasteiger partial charge on any atom is 0.269 e. The Bertz CT molecular complexity index is 805. The van der Waals surface area contributed by atoms with Crippen LogP contribution in [0, 0.1) is 10.1 Å². The van der Waals surface area contributed by atoms with Crippen LogP contribution in [0.25, 0.3) is 0 Å². The van der Waals surface area contributed by atoms with E-state index >= 15 is 0 Å². The minimum atomic E-state index is -0.419. The molecule has 1 saturated heterocycles. The van der Waals surface area contributed by atoms with Crippen molar-refractivity contribution in [2.45, 2.75) is 31.7 Å². The fraction of sp³-hybridized carbons (Fsp3) is 0.381. The molecule has 0 aliphatic carbocycles. The molecule has 7 heteroatoms. The largest absolute Gasteiger partial charge is 0.497 e. The Kier molecular flexibility index (Phi) is 6.47. The molecule has 0 aromatic heterocycles. The third-order valence-electron chi connectivity index (χ3n) is 5.05. The van der Waals surface area contributed by atoms with E-state index in [9.17, 15) is 14.9 Å². The molecule has 0 saturated carbocycles. The Balaban J connectivity index is 1.47. The van der Waals surface area contributed by atoms with Crippen LogP contribution in [0.15, 0.2) is 48.5 Å². The average molecular weight is 383 g/mol. The molecule has 2 aromatic carbocycles. The van der Waals surface area contributed by atoms with Crippen LogP contribution in [0.2, 0.25) is 0 Å². The molecule has 1 unspecified atom stereocenters. The Morgan fingerprint density at radius 3 is 2.57 bits per heavy atom. The van der Waals surface area contributed by atoms with Crippen molar-refractivity contribution in [2.75, 3.05) is 25.5 Å². The van der Waals surface area contributed by atoms with Crippen molar-refractivity contribution in [1.82, 2.24) is 4.90 Å². The number of likely N-dealkylation sites (tertiary alicyclic amines) is 1. The van der Waals surface area contributed by atoms with Gasteiger partial charge < -0.3 is 15.0 Å². The van der Waals surface area contributed by atoms with Crippen LogP contribution in [0.5, 0.6) is 5.75 Å². The standard InChI is InChI=1S/C21H25N3O4/c1-28-19-12-6-16(7-13-19)20-4-3-15-23(20)21(25)5-2-14-22-17-8-10-18(11-9-17)24(26)27/h6-13,20,22H,2-5,14-15H2,1H3. The Morgan fingerprint density at radius 1 is 1.21 bits per heavy atom. The lowest BCUT2D eigenvalue weighted by Crippen LogP contribution is -2.30. The van der Waals surface area contributed by atoms with E-state index in [1.165, 1.54) is 12.1 Å². The lowest BCUT2D eigenvalue weighted by Gasteiger charge is -2.25. The Morgan fingerprint density at radius 2 is 1.93 bits per heavy atom. The summed E-state index contributed by atoms with van der Waals surface area (Å²) in [6.45, 7) is 1.44. The SMILES string of the molecule is COc1ccc(C2CCCN2C(=O)CCCNc2ccc([N+](=O)[O-])cc2)cc1. The topological polar surface area (TPSA) is 84.7 Å². The number of amides is 1. The van der Waals surface area contributed by atoms with Gasteiger partial charge >= 0.3 is 0 Å². The molecule has 2 aromatic rings. The lowest BCUT2D eigenvalue weighted by molar-refractivity contribution is -0.384. The van der Waals surface area contributed by atoms with Gasteiger partial charge in [-0.15, -0.1) is 0 Å². The summed E-state index contributed by atoms with van der Waals surface area (Å²) in [7, 11) is 1.64. The van der Waals surface area contributed by atoms with Gasteiger partial charge in [0.2, 0.25) is 5.91 Å². The smallest absolute Gasteiger partial charge is 0.269 e. The van der Waals surface area contributed by atoms with Gasteiger partial charge in [-0.05, 0) is 49.1 Å². The predicted molar refractivity (Wildman–Crippen MR) is 108 cm³/mol. The summed E-state index contributed by atoms with van der Waals surface area (Å²) >= 11 is 0. The highest BCUT2D eigenvalue weighted by Gasteiger charge is 2.29. The van der Waals surface area contributed by atoms with Gasteiger partial charge in [-0.2, -0.15) is 0 Å². The van der Waals surface area contributed by atoms with Crippen molar-refractivity contribution in [3.05, 3.63) is 64.2 Å². The number of ether oxygens (including phenoxy) is 1. The number of hydrogen-bond acceptors (Lipinski definition) is 5. The fourth-order valence-electron chi connectivity index (χ4n) is 3.55. The van der Waals surface area contributed by atoms with Gasteiger partial charge in [-0.1, -0.05) is 12.1 Å². The maximum atomic E-state index is 12.7. The molecular formula is C21H25N3O4. The van der Waals surface area contributed by atoms with E-state index in [0.717, 1.165) is 36.4 Å². The summed E-state index contributed by atoms with van der Waals surface area (Å²) in [5.74, 6) is 0.987. The molecule has 1 aliphatic rings. The second kappa shape index (κ2) is 9.21. The van der Waals surface area contributed by atoms with E-state index in [2.05, 4.69) is 5.32 Å². The maximum absolute atomic E-state index is 12.7. The second-order valence-corrected chi connectivity index (χ2v) is 6.85. The Hall–Kier alpha value is -3.09. The van der Waals surface area contributed by atoms with Crippen LogP contribution in [0.3, 0.4) is 0 Å². The predicted octanol–water partition coefficient (Wildman–Crippen LogP) is 4.16. The zero-order chi connectivity index (χ0) is 19.9. The molecular weight excluding hydrogens is 358 g/mol. The first kappa shape index (κ1) is 19.7. The molecule has 1 heterocycles. The van der Waals surface area contributed by atoms with E-state index in [1.807, 2.05) is 29.2 Å². The van der Waals surface area contributed by atoms with Crippen LogP contribution in [-0.4, -0.2) is 35.9 Å². The summed E-state index contributed by atoms with van der Waals surface area (Å²) in [6.07, 6.45) is 3.19. The van der Waals surface area contributed by atoms with E-state index in [1.54, 1.807) is 19.2 Å². The molecule has 3 rings (SSSR count). The third kappa shape index (κ3) is 4.79. The zero-order valence-electron chi connectivity index (χ0n) is 16.0. The van der Waals surface area contributed by atoms with Gasteiger partial charge in [0.1, 0.15) is 5.75 Å². The number of nitrogens with zero attached hydrogens (tertiary/aromatic N) is 2. The normalized spacial score (nSPS) is 16.0. The molecule has 7 nitrogen and oxygen atoms in total. The number of methoxy groups -OCH3 is 1. The summed E-state index contributed by atoms with van der Waals surface area (Å²) in [5.41, 5.74) is 2.03. The number of rotatable bonds is 8. The number of nitro benzene ring substituents is 1. The van der Waals surface area contributed by atoms with E-state index in [4.69, 9.17) is 4.74 Å². The third-order valence-corrected chi connectivity index (χ3v) is 5.05. The molecule has 1 fully saturated rings. The quantitative estimate of drug-likeness (QED) is 0.420. The van der Waals surface area contributed by atoms with Gasteiger partial charge in [0.05, 0.1) is 18.1 Å². The molecule has 0 bridgehead atoms. The van der Waals surface area contributed by atoms with E-state index < -0.39 is 4.92 Å². The van der Waals surface area contributed by atoms with E-state index in [0.29, 0.717) is 19.4 Å². The highest BCUT2D eigenvalue weighted by atomic mass is 16.6. The minimum absolute atomic E-state index is 0.0688. The molecule has 1 N–H and O–H groups in total. The van der Waals surface area contributed by atoms with Crippen molar-refractivity contribution in [3.8, 4) is 5.75 Å². The van der Waals surface area contributed by atoms with Gasteiger partial charge in [-0.3, -0.25) is 14.9 Å². The second-order valence-electron chi connectivity index (χ2n) is 6.85. The summed E-state index contributed by atoms with van der Waals surface area (Å²) in [4.78, 5) is 24.9.